The quantitative estimate of drug-likeness (QED) is 0.242. The zero-order valence-electron chi connectivity index (χ0n) is 22.7. The van der Waals surface area contributed by atoms with Crippen LogP contribution in [0.3, 0.4) is 0 Å². The van der Waals surface area contributed by atoms with Crippen LogP contribution in [0.25, 0.3) is 0 Å². The highest BCUT2D eigenvalue weighted by Crippen LogP contribution is 2.39. The maximum absolute atomic E-state index is 11.7. The summed E-state index contributed by atoms with van der Waals surface area (Å²) in [6.45, 7) is 1.37. The summed E-state index contributed by atoms with van der Waals surface area (Å²) in [6, 6.07) is 37.5. The van der Waals surface area contributed by atoms with E-state index in [1.54, 1.807) is 7.11 Å². The second kappa shape index (κ2) is 14.2. The number of methoxy groups -OCH3 is 1. The number of benzene rings is 4. The highest BCUT2D eigenvalue weighted by atomic mass is 16.6. The summed E-state index contributed by atoms with van der Waals surface area (Å²) in [5.41, 5.74) is 3.85. The topological polar surface area (TPSA) is 66.4 Å². The van der Waals surface area contributed by atoms with Gasteiger partial charge in [-0.15, -0.1) is 0 Å². The molecule has 5 atom stereocenters. The van der Waals surface area contributed by atoms with E-state index in [0.29, 0.717) is 25.6 Å². The van der Waals surface area contributed by atoms with Crippen LogP contribution in [0.1, 0.15) is 28.4 Å². The van der Waals surface area contributed by atoms with Gasteiger partial charge in [0.1, 0.15) is 36.3 Å². The molecule has 0 amide bonds. The molecule has 208 valence electrons. The van der Waals surface area contributed by atoms with E-state index in [1.165, 1.54) is 0 Å². The molecule has 1 heterocycles. The lowest BCUT2D eigenvalue weighted by molar-refractivity contribution is -0.263. The first-order valence-electron chi connectivity index (χ1n) is 13.6. The molecular formula is C34H36O6. The molecule has 0 aliphatic carbocycles. The zero-order valence-corrected chi connectivity index (χ0v) is 22.7. The van der Waals surface area contributed by atoms with Gasteiger partial charge in [0.2, 0.25) is 0 Å². The lowest BCUT2D eigenvalue weighted by Crippen LogP contribution is -2.57. The first kappa shape index (κ1) is 28.0. The van der Waals surface area contributed by atoms with Gasteiger partial charge in [0.25, 0.3) is 0 Å². The number of aliphatic hydroxyl groups excluding tert-OH is 1. The van der Waals surface area contributed by atoms with Gasteiger partial charge < -0.3 is 28.8 Å². The Morgan fingerprint density at radius 1 is 0.625 bits per heavy atom. The molecule has 6 nitrogen and oxygen atoms in total. The van der Waals surface area contributed by atoms with Crippen LogP contribution in [0.5, 0.6) is 5.75 Å². The fourth-order valence-corrected chi connectivity index (χ4v) is 5.01. The Bertz CT molecular complexity index is 1280. The van der Waals surface area contributed by atoms with E-state index < -0.39 is 30.5 Å². The number of aliphatic hydroxyl groups is 1. The molecular weight excluding hydrogens is 504 g/mol. The molecule has 1 fully saturated rings. The average Bonchev–Trinajstić information content (AvgIpc) is 3.01. The first-order chi connectivity index (χ1) is 19.7. The lowest BCUT2D eigenvalue weighted by atomic mass is 9.90. The number of hydrogen-bond donors (Lipinski definition) is 1. The molecule has 0 radical (unpaired) electrons. The standard InChI is InChI=1S/C34H36O6/c1-36-29-20-12-11-19-28(29)32-31(35)34(39-23-27-17-9-4-10-18-27)33(38-22-26-15-7-3-8-16-26)30(40-32)24-37-21-25-13-5-2-6-14-25/h2-20,30-35H,21-24H2,1H3/t30-,31+,32-,33-,34-/m1/s1. The van der Waals surface area contributed by atoms with Crippen molar-refractivity contribution in [2.45, 2.75) is 50.3 Å². The minimum atomic E-state index is -1.01. The third kappa shape index (κ3) is 7.16. The fraction of sp³-hybridized carbons (Fsp3) is 0.294. The summed E-state index contributed by atoms with van der Waals surface area (Å²) in [5, 5.41) is 11.7. The molecule has 1 N–H and O–H groups in total. The Morgan fingerprint density at radius 3 is 1.70 bits per heavy atom. The fourth-order valence-electron chi connectivity index (χ4n) is 5.01. The average molecular weight is 541 g/mol. The van der Waals surface area contributed by atoms with Crippen LogP contribution < -0.4 is 4.74 Å². The molecule has 5 rings (SSSR count). The SMILES string of the molecule is COc1ccccc1[C@H]1O[C@H](COCc2ccccc2)[C@@H](OCc2ccccc2)[C@H](OCc2ccccc2)[C@H]1O. The van der Waals surface area contributed by atoms with Gasteiger partial charge in [-0.2, -0.15) is 0 Å². The molecule has 0 bridgehead atoms. The molecule has 0 aromatic heterocycles. The third-order valence-electron chi connectivity index (χ3n) is 7.07. The molecule has 0 spiro atoms. The zero-order chi connectivity index (χ0) is 27.6. The monoisotopic (exact) mass is 540 g/mol. The van der Waals surface area contributed by atoms with Crippen molar-refractivity contribution in [3.63, 3.8) is 0 Å². The Morgan fingerprint density at radius 2 is 1.12 bits per heavy atom. The van der Waals surface area contributed by atoms with Gasteiger partial charge in [-0.25, -0.2) is 0 Å². The highest BCUT2D eigenvalue weighted by Gasteiger charge is 2.48. The molecule has 1 saturated heterocycles. The van der Waals surface area contributed by atoms with Crippen LogP contribution in [0.15, 0.2) is 115 Å². The molecule has 1 aliphatic rings. The van der Waals surface area contributed by atoms with E-state index in [4.69, 9.17) is 23.7 Å². The van der Waals surface area contributed by atoms with Crippen LogP contribution in [0.4, 0.5) is 0 Å². The van der Waals surface area contributed by atoms with Crippen LogP contribution in [0, 0.1) is 0 Å². The Kier molecular flexibility index (Phi) is 9.96. The van der Waals surface area contributed by atoms with Gasteiger partial charge >= 0.3 is 0 Å². The first-order valence-corrected chi connectivity index (χ1v) is 13.6. The number of para-hydroxylation sites is 1. The lowest BCUT2D eigenvalue weighted by Gasteiger charge is -2.45. The van der Waals surface area contributed by atoms with E-state index in [-0.39, 0.29) is 6.61 Å². The summed E-state index contributed by atoms with van der Waals surface area (Å²) >= 11 is 0. The smallest absolute Gasteiger partial charge is 0.124 e. The predicted octanol–water partition coefficient (Wildman–Crippen LogP) is 5.88. The molecule has 0 unspecified atom stereocenters. The maximum atomic E-state index is 11.7. The number of ether oxygens (including phenoxy) is 5. The van der Waals surface area contributed by atoms with E-state index in [9.17, 15) is 5.11 Å². The molecule has 40 heavy (non-hydrogen) atoms. The molecule has 6 heteroatoms. The Labute approximate surface area is 236 Å². The van der Waals surface area contributed by atoms with Crippen molar-refractivity contribution >= 4 is 0 Å². The predicted molar refractivity (Wildman–Crippen MR) is 153 cm³/mol. The van der Waals surface area contributed by atoms with E-state index in [0.717, 1.165) is 22.3 Å². The van der Waals surface area contributed by atoms with Crippen molar-refractivity contribution in [2.24, 2.45) is 0 Å². The maximum Gasteiger partial charge on any atom is 0.124 e. The Hall–Kier alpha value is -3.52. The van der Waals surface area contributed by atoms with Crippen molar-refractivity contribution in [3.05, 3.63) is 138 Å². The van der Waals surface area contributed by atoms with E-state index in [1.807, 2.05) is 115 Å². The highest BCUT2D eigenvalue weighted by molar-refractivity contribution is 5.36. The minimum Gasteiger partial charge on any atom is -0.496 e. The van der Waals surface area contributed by atoms with Crippen molar-refractivity contribution in [3.8, 4) is 5.75 Å². The van der Waals surface area contributed by atoms with Crippen molar-refractivity contribution in [1.82, 2.24) is 0 Å². The summed E-state index contributed by atoms with van der Waals surface area (Å²) in [7, 11) is 1.61. The number of hydrogen-bond acceptors (Lipinski definition) is 6. The van der Waals surface area contributed by atoms with Crippen LogP contribution in [-0.2, 0) is 38.8 Å². The van der Waals surface area contributed by atoms with Gasteiger partial charge in [-0.1, -0.05) is 109 Å². The third-order valence-corrected chi connectivity index (χ3v) is 7.07. The summed E-state index contributed by atoms with van der Waals surface area (Å²) < 4.78 is 31.3. The van der Waals surface area contributed by atoms with Crippen LogP contribution >= 0.6 is 0 Å². The normalized spacial score (nSPS) is 22.6. The minimum absolute atomic E-state index is 0.262. The van der Waals surface area contributed by atoms with Gasteiger partial charge in [-0.05, 0) is 22.8 Å². The van der Waals surface area contributed by atoms with Crippen molar-refractivity contribution < 1.29 is 28.8 Å². The second-order valence-corrected chi connectivity index (χ2v) is 9.85. The molecule has 0 saturated carbocycles. The van der Waals surface area contributed by atoms with Gasteiger partial charge in [-0.3, -0.25) is 0 Å². The van der Waals surface area contributed by atoms with Gasteiger partial charge in [0.15, 0.2) is 0 Å². The van der Waals surface area contributed by atoms with Crippen LogP contribution in [-0.4, -0.2) is 43.2 Å². The van der Waals surface area contributed by atoms with E-state index >= 15 is 0 Å². The molecule has 4 aromatic carbocycles. The molecule has 1 aliphatic heterocycles. The Balaban J connectivity index is 1.42. The second-order valence-electron chi connectivity index (χ2n) is 9.85. The van der Waals surface area contributed by atoms with Crippen molar-refractivity contribution in [1.29, 1.82) is 0 Å². The number of rotatable bonds is 12. The summed E-state index contributed by atoms with van der Waals surface area (Å²) in [4.78, 5) is 0. The summed E-state index contributed by atoms with van der Waals surface area (Å²) in [6.07, 6.45) is -3.48. The van der Waals surface area contributed by atoms with Crippen LogP contribution in [0.2, 0.25) is 0 Å². The summed E-state index contributed by atoms with van der Waals surface area (Å²) in [5.74, 6) is 0.640. The largest absolute Gasteiger partial charge is 0.496 e. The van der Waals surface area contributed by atoms with Crippen molar-refractivity contribution in [2.75, 3.05) is 13.7 Å². The molecule has 4 aromatic rings. The van der Waals surface area contributed by atoms with Gasteiger partial charge in [0.05, 0.1) is 33.5 Å². The van der Waals surface area contributed by atoms with Gasteiger partial charge in [0, 0.05) is 5.56 Å². The van der Waals surface area contributed by atoms with E-state index in [2.05, 4.69) is 0 Å².